The summed E-state index contributed by atoms with van der Waals surface area (Å²) < 4.78 is 2.18. The van der Waals surface area contributed by atoms with Gasteiger partial charge in [-0.05, 0) is 93.6 Å². The number of fused-ring (bicyclic) bond motifs is 1. The van der Waals surface area contributed by atoms with E-state index in [1.807, 2.05) is 37.3 Å². The maximum absolute atomic E-state index is 13.7. The number of amidine groups is 1. The van der Waals surface area contributed by atoms with E-state index >= 15 is 0 Å². The van der Waals surface area contributed by atoms with E-state index in [2.05, 4.69) is 34.8 Å². The third-order valence-electron chi connectivity index (χ3n) is 6.84. The van der Waals surface area contributed by atoms with Crippen molar-refractivity contribution in [2.24, 2.45) is 4.99 Å². The van der Waals surface area contributed by atoms with Crippen molar-refractivity contribution in [1.29, 1.82) is 0 Å². The minimum absolute atomic E-state index is 0.0462. The number of hydrogen-bond donors (Lipinski definition) is 1. The van der Waals surface area contributed by atoms with Crippen LogP contribution in [0.4, 0.5) is 5.69 Å². The number of aryl methyl sites for hydroxylation is 3. The lowest BCUT2D eigenvalue weighted by Gasteiger charge is -2.14. The van der Waals surface area contributed by atoms with Crippen molar-refractivity contribution < 1.29 is 9.59 Å². The molecule has 3 aromatic rings. The lowest BCUT2D eigenvalue weighted by Crippen LogP contribution is -2.23. The molecule has 0 bridgehead atoms. The lowest BCUT2D eigenvalue weighted by atomic mass is 9.95. The fourth-order valence-electron chi connectivity index (χ4n) is 4.91. The zero-order chi connectivity index (χ0) is 25.6. The van der Waals surface area contributed by atoms with Crippen LogP contribution < -0.4 is 5.32 Å². The summed E-state index contributed by atoms with van der Waals surface area (Å²) in [5, 5.41) is 4.79. The molecule has 6 nitrogen and oxygen atoms in total. The predicted molar refractivity (Wildman–Crippen MR) is 151 cm³/mol. The Balaban J connectivity index is 1.58. The van der Waals surface area contributed by atoms with Gasteiger partial charge in [0.05, 0.1) is 10.5 Å². The second-order valence-electron chi connectivity index (χ2n) is 9.35. The molecule has 2 amide bonds. The summed E-state index contributed by atoms with van der Waals surface area (Å²) in [7, 11) is 3.44. The van der Waals surface area contributed by atoms with E-state index in [0.29, 0.717) is 10.1 Å². The Hall–Kier alpha value is -3.10. The average Bonchev–Trinajstić information content (AvgIpc) is 3.47. The molecule has 1 N–H and O–H groups in total. The third kappa shape index (κ3) is 4.33. The van der Waals surface area contributed by atoms with Crippen LogP contribution in [0.1, 0.15) is 56.2 Å². The molecule has 1 saturated heterocycles. The summed E-state index contributed by atoms with van der Waals surface area (Å²) in [6.07, 6.45) is 6.14. The molecule has 0 spiro atoms. The van der Waals surface area contributed by atoms with E-state index in [0.717, 1.165) is 64.4 Å². The molecule has 8 heteroatoms. The number of rotatable bonds is 4. The van der Waals surface area contributed by atoms with Crippen molar-refractivity contribution in [2.45, 2.75) is 46.5 Å². The van der Waals surface area contributed by atoms with Crippen LogP contribution >= 0.6 is 23.1 Å². The van der Waals surface area contributed by atoms with E-state index in [1.165, 1.54) is 22.2 Å². The largest absolute Gasteiger partial charge is 0.322 e. The van der Waals surface area contributed by atoms with Crippen molar-refractivity contribution in [1.82, 2.24) is 9.47 Å². The highest BCUT2D eigenvalue weighted by atomic mass is 32.2. The Kier molecular flexibility index (Phi) is 6.66. The number of thioether (sulfide) groups is 1. The molecule has 2 aromatic heterocycles. The maximum Gasteiger partial charge on any atom is 0.266 e. The van der Waals surface area contributed by atoms with Gasteiger partial charge in [0.1, 0.15) is 5.00 Å². The molecule has 0 unspecified atom stereocenters. The first-order valence-corrected chi connectivity index (χ1v) is 13.8. The monoisotopic (exact) mass is 518 g/mol. The fourth-order valence-corrected chi connectivity index (χ4v) is 7.33. The summed E-state index contributed by atoms with van der Waals surface area (Å²) in [6, 6.07) is 10.0. The number of nitrogens with one attached hydrogen (secondary N) is 1. The predicted octanol–water partition coefficient (Wildman–Crippen LogP) is 6.13. The van der Waals surface area contributed by atoms with Gasteiger partial charge in [0.15, 0.2) is 5.17 Å². The molecular weight excluding hydrogens is 488 g/mol. The Labute approximate surface area is 220 Å². The Bertz CT molecular complexity index is 1430. The van der Waals surface area contributed by atoms with E-state index < -0.39 is 0 Å². The normalized spacial score (nSPS) is 17.8. The molecule has 186 valence electrons. The molecule has 1 aliphatic heterocycles. The quantitative estimate of drug-likeness (QED) is 0.423. The first-order chi connectivity index (χ1) is 17.3. The van der Waals surface area contributed by atoms with Crippen molar-refractivity contribution in [3.8, 4) is 5.00 Å². The molecule has 0 saturated carbocycles. The smallest absolute Gasteiger partial charge is 0.266 e. The van der Waals surface area contributed by atoms with Crippen LogP contribution in [0.15, 0.2) is 40.2 Å². The number of likely N-dealkylation sites (N-methyl/N-ethyl adjacent to an activating group) is 1. The first kappa shape index (κ1) is 24.6. The number of aromatic nitrogens is 1. The zero-order valence-corrected chi connectivity index (χ0v) is 22.9. The molecular formula is C28H30N4O2S2. The van der Waals surface area contributed by atoms with Crippen LogP contribution in [0.2, 0.25) is 0 Å². The third-order valence-corrected chi connectivity index (χ3v) is 9.27. The lowest BCUT2D eigenvalue weighted by molar-refractivity contribution is -0.121. The van der Waals surface area contributed by atoms with Gasteiger partial charge in [0.25, 0.3) is 11.8 Å². The SMILES string of the molecule is CN=C1S/C(=C\c2cc(C)n(-c3sc4c(c3C(=O)Nc3ccc(C)cc3)CCCC4)c2C)C(=O)N1C. The molecule has 5 rings (SSSR count). The summed E-state index contributed by atoms with van der Waals surface area (Å²) in [4.78, 5) is 34.2. The van der Waals surface area contributed by atoms with Crippen molar-refractivity contribution in [3.63, 3.8) is 0 Å². The number of carbonyl (C=O) groups is 2. The second kappa shape index (κ2) is 9.75. The van der Waals surface area contributed by atoms with Gasteiger partial charge in [-0.25, -0.2) is 0 Å². The highest BCUT2D eigenvalue weighted by Crippen LogP contribution is 2.40. The number of hydrogen-bond acceptors (Lipinski definition) is 5. The fraction of sp³-hybridized carbons (Fsp3) is 0.321. The van der Waals surface area contributed by atoms with Crippen LogP contribution in [0.5, 0.6) is 0 Å². The molecule has 1 aromatic carbocycles. The molecule has 2 aliphatic rings. The summed E-state index contributed by atoms with van der Waals surface area (Å²) in [5.74, 6) is -0.109. The van der Waals surface area contributed by atoms with Crippen LogP contribution in [-0.2, 0) is 17.6 Å². The van der Waals surface area contributed by atoms with Gasteiger partial charge in [0, 0.05) is 36.0 Å². The van der Waals surface area contributed by atoms with Crippen LogP contribution in [0.3, 0.4) is 0 Å². The van der Waals surface area contributed by atoms with Gasteiger partial charge < -0.3 is 9.88 Å². The number of aliphatic imine (C=N–C) groups is 1. The second-order valence-corrected chi connectivity index (χ2v) is 11.4. The summed E-state index contributed by atoms with van der Waals surface area (Å²) in [6.45, 7) is 6.15. The number of benzene rings is 1. The minimum Gasteiger partial charge on any atom is -0.322 e. The molecule has 1 fully saturated rings. The number of anilines is 1. The Morgan fingerprint density at radius 1 is 1.11 bits per heavy atom. The molecule has 3 heterocycles. The van der Waals surface area contributed by atoms with Gasteiger partial charge in [-0.15, -0.1) is 11.3 Å². The number of amides is 2. The van der Waals surface area contributed by atoms with Crippen LogP contribution in [0, 0.1) is 20.8 Å². The van der Waals surface area contributed by atoms with E-state index in [9.17, 15) is 9.59 Å². The number of thiophene rings is 1. The minimum atomic E-state index is -0.0624. The van der Waals surface area contributed by atoms with Crippen LogP contribution in [-0.4, -0.2) is 40.5 Å². The highest BCUT2D eigenvalue weighted by molar-refractivity contribution is 8.18. The highest BCUT2D eigenvalue weighted by Gasteiger charge is 2.31. The standard InChI is InChI=1S/C28H30N4O2S2/c1-16-10-12-20(13-11-16)30-25(33)24-21-8-6-7-9-22(21)35-27(24)32-17(2)14-19(18(32)3)15-23-26(34)31(5)28(29-4)36-23/h10-15H,6-9H2,1-5H3,(H,30,33)/b23-15-,29-28?. The Morgan fingerprint density at radius 3 is 2.53 bits per heavy atom. The Morgan fingerprint density at radius 2 is 1.83 bits per heavy atom. The average molecular weight is 519 g/mol. The summed E-state index contributed by atoms with van der Waals surface area (Å²) in [5.41, 5.74) is 6.95. The van der Waals surface area contributed by atoms with Gasteiger partial charge in [-0.2, -0.15) is 0 Å². The van der Waals surface area contributed by atoms with Gasteiger partial charge >= 0.3 is 0 Å². The summed E-state index contributed by atoms with van der Waals surface area (Å²) >= 11 is 3.12. The molecule has 0 radical (unpaired) electrons. The van der Waals surface area contributed by atoms with Gasteiger partial charge in [-0.1, -0.05) is 17.7 Å². The zero-order valence-electron chi connectivity index (χ0n) is 21.3. The molecule has 36 heavy (non-hydrogen) atoms. The van der Waals surface area contributed by atoms with E-state index in [-0.39, 0.29) is 11.8 Å². The van der Waals surface area contributed by atoms with Crippen molar-refractivity contribution in [3.05, 3.63) is 73.8 Å². The number of carbonyl (C=O) groups excluding carboxylic acids is 2. The maximum atomic E-state index is 13.7. The van der Waals surface area contributed by atoms with E-state index in [4.69, 9.17) is 0 Å². The van der Waals surface area contributed by atoms with Crippen LogP contribution in [0.25, 0.3) is 11.1 Å². The van der Waals surface area contributed by atoms with Crippen molar-refractivity contribution in [2.75, 3.05) is 19.4 Å². The topological polar surface area (TPSA) is 66.7 Å². The van der Waals surface area contributed by atoms with E-state index in [1.54, 1.807) is 30.3 Å². The first-order valence-electron chi connectivity index (χ1n) is 12.1. The molecule has 0 atom stereocenters. The van der Waals surface area contributed by atoms with Crippen molar-refractivity contribution >= 4 is 51.8 Å². The molecule has 1 aliphatic carbocycles. The van der Waals surface area contributed by atoms with Gasteiger partial charge in [0.2, 0.25) is 0 Å². The van der Waals surface area contributed by atoms with Gasteiger partial charge in [-0.3, -0.25) is 19.5 Å². The number of nitrogens with zero attached hydrogens (tertiary/aromatic N) is 3.